The fourth-order valence-corrected chi connectivity index (χ4v) is 22.9. The van der Waals surface area contributed by atoms with Crippen LogP contribution in [0.5, 0.6) is 0 Å². The van der Waals surface area contributed by atoms with Crippen molar-refractivity contribution in [2.75, 3.05) is 43.8 Å². The van der Waals surface area contributed by atoms with Gasteiger partial charge in [0, 0.05) is 25.0 Å². The topological polar surface area (TPSA) is 641 Å². The second kappa shape index (κ2) is 46.2. The highest BCUT2D eigenvalue weighted by Crippen LogP contribution is 2.33. The Morgan fingerprint density at radius 3 is 0.750 bits per heavy atom. The van der Waals surface area contributed by atoms with Crippen LogP contribution in [0.3, 0.4) is 0 Å². The number of thiazole rings is 7. The summed E-state index contributed by atoms with van der Waals surface area (Å²) in [5.74, 6) is 0. The van der Waals surface area contributed by atoms with E-state index in [1.807, 2.05) is 25.0 Å². The Hall–Kier alpha value is -8.22. The first-order valence-electron chi connectivity index (χ1n) is 29.7. The third-order valence-corrected chi connectivity index (χ3v) is 33.5. The van der Waals surface area contributed by atoms with E-state index in [1.54, 1.807) is 77.3 Å². The maximum atomic E-state index is 11.2. The third-order valence-electron chi connectivity index (χ3n) is 11.8. The molecule has 0 amide bonds. The fraction of sp³-hybridized carbons (Fsp3) is 0.286. The van der Waals surface area contributed by atoms with E-state index in [0.29, 0.717) is 102 Å². The summed E-state index contributed by atoms with van der Waals surface area (Å²) in [6.45, 7) is 0. The summed E-state index contributed by atoms with van der Waals surface area (Å²) in [5, 5.41) is 134. The molecule has 4 unspecified atom stereocenters. The summed E-state index contributed by atoms with van der Waals surface area (Å²) >= 11 is 21.4. The molecule has 0 N–H and O–H groups in total. The monoisotopic (exact) mass is 1980 g/mol. The summed E-state index contributed by atoms with van der Waals surface area (Å²) in [5.41, 5.74) is 0. The van der Waals surface area contributed by atoms with Gasteiger partial charge in [-0.3, -0.25) is 47.2 Å². The highest BCUT2D eigenvalue weighted by molar-refractivity contribution is 8.01. The van der Waals surface area contributed by atoms with Crippen molar-refractivity contribution in [3.63, 3.8) is 0 Å². The van der Waals surface area contributed by atoms with Crippen LogP contribution in [0.4, 0.5) is 35.5 Å². The van der Waals surface area contributed by atoms with Gasteiger partial charge in [0.15, 0.2) is 24.4 Å². The molecule has 46 nitrogen and oxygen atoms in total. The van der Waals surface area contributed by atoms with Gasteiger partial charge in [-0.05, 0) is 138 Å². The smallest absolute Gasteiger partial charge is 0.357 e. The molecular weight excluding hydrogens is 1940 g/mol. The van der Waals surface area contributed by atoms with Crippen molar-refractivity contribution in [3.05, 3.63) is 184 Å². The zero-order valence-corrected chi connectivity index (χ0v) is 75.6. The number of nitro groups is 7. The van der Waals surface area contributed by atoms with E-state index in [4.69, 9.17) is 0 Å². The van der Waals surface area contributed by atoms with Gasteiger partial charge < -0.3 is 40.5 Å². The van der Waals surface area contributed by atoms with Crippen molar-refractivity contribution in [1.82, 2.24) is 106 Å². The second-order valence-corrected chi connectivity index (χ2v) is 44.5. The Balaban J connectivity index is 0.000000169. The number of hydrogen-bond acceptors (Lipinski definition) is 56. The average Bonchev–Trinajstić information content (AvgIpc) is 1.77. The first kappa shape index (κ1) is 93.3. The van der Waals surface area contributed by atoms with Crippen LogP contribution in [0, 0.1) is 70.8 Å². The summed E-state index contributed by atoms with van der Waals surface area (Å²) in [4.78, 5) is 98.0. The van der Waals surface area contributed by atoms with Crippen LogP contribution in [0.1, 0.15) is 70.1 Å². The highest BCUT2D eigenvalue weighted by Gasteiger charge is 2.23. The van der Waals surface area contributed by atoms with Crippen molar-refractivity contribution in [2.24, 2.45) is 0 Å². The predicted octanol–water partition coefficient (Wildman–Crippen LogP) is 11.6. The first-order chi connectivity index (χ1) is 55.3. The van der Waals surface area contributed by atoms with Crippen molar-refractivity contribution < 1.29 is 51.3 Å². The number of thioether (sulfide) groups is 3. The molecule has 14 aromatic rings. The van der Waals surface area contributed by atoms with Crippen LogP contribution >= 0.6 is 194 Å². The van der Waals surface area contributed by atoms with Gasteiger partial charge in [-0.15, -0.1) is 99.5 Å². The minimum atomic E-state index is -1.16. The van der Waals surface area contributed by atoms with Crippen molar-refractivity contribution >= 4 is 273 Å². The minimum Gasteiger partial charge on any atom is -0.357 e. The van der Waals surface area contributed by atoms with E-state index in [1.165, 1.54) is 99.5 Å². The molecule has 0 aliphatic rings. The standard InChI is InChI=1S/C8H7N3O3S3.C8H7N3O2S3.2C7H6N4O3S3.C7H6N4O2S3.C6H5N5O3S3.C6H5N5O2S3/c1-17(14)8-4-10-6(16-8)2-5-9-3-7(15-5)11(12)13;1-14-8-4-10-6(16-8)2-5-9-3-7(15-5)11(12)13;1-17(14)6-3-8-4(15-6)2-5-9-10-7(16-5)11(12)13;1-17(14)7-10-9-5(16-7)2-4-8-3-6(15-4)11(12)13;1-14-6-3-8-4(15-6)2-5-9-10-7(16-5)11(12)13;1-17(14)6-10-8-4(16-6)2-3-7-9-5(15-3)11(12)13;1-14-6-10-8-4(16-6)2-3-7-9-5(15-3)11(12)13/h3-4H,2H2,1H3;3-4H,2H2,1H3;2*3H,2H2,1H3;3H,2H2,1H3;2H2,1H3;2H2,1H3. The van der Waals surface area contributed by atoms with Crippen LogP contribution in [0.15, 0.2) is 73.2 Å². The number of nitrogens with zero attached hydrogens (tertiary/aromatic N) is 28. The van der Waals surface area contributed by atoms with Crippen LogP contribution < -0.4 is 0 Å². The first-order valence-corrected chi connectivity index (χ1v) is 51.0. The van der Waals surface area contributed by atoms with E-state index >= 15 is 0 Å². The molecule has 0 aromatic carbocycles. The van der Waals surface area contributed by atoms with E-state index < -0.39 is 77.7 Å². The molecule has 0 aliphatic carbocycles. The van der Waals surface area contributed by atoms with Gasteiger partial charge in [0.2, 0.25) is 8.68 Å². The van der Waals surface area contributed by atoms with E-state index in [2.05, 4.69) is 106 Å². The molecule has 116 heavy (non-hydrogen) atoms. The van der Waals surface area contributed by atoms with E-state index in [-0.39, 0.29) is 35.5 Å². The normalized spacial score (nSPS) is 11.7. The fourth-order valence-electron chi connectivity index (χ4n) is 7.06. The lowest BCUT2D eigenvalue weighted by atomic mass is 10.5. The molecule has 0 aliphatic heterocycles. The lowest BCUT2D eigenvalue weighted by Crippen LogP contribution is -1.86. The Morgan fingerprint density at radius 2 is 0.517 bits per heavy atom. The maximum Gasteiger partial charge on any atom is 0.450 e. The predicted molar refractivity (Wildman–Crippen MR) is 445 cm³/mol. The third kappa shape index (κ3) is 30.3. The molecule has 0 saturated heterocycles. The van der Waals surface area contributed by atoms with E-state index in [0.717, 1.165) is 122 Å². The minimum absolute atomic E-state index is 0.00352. The molecule has 612 valence electrons. The lowest BCUT2D eigenvalue weighted by molar-refractivity contribution is -0.385. The molecule has 4 atom stereocenters. The van der Waals surface area contributed by atoms with Gasteiger partial charge in [0.25, 0.3) is 0 Å². The van der Waals surface area contributed by atoms with Crippen LogP contribution in [-0.2, 0) is 88.1 Å². The summed E-state index contributed by atoms with van der Waals surface area (Å²) in [7, 11) is -4.40. The molecule has 0 radical (unpaired) electrons. The largest absolute Gasteiger partial charge is 0.450 e. The number of aromatic nitrogens is 21. The van der Waals surface area contributed by atoms with Crippen molar-refractivity contribution in [3.8, 4) is 0 Å². The highest BCUT2D eigenvalue weighted by atomic mass is 32.2. The molecule has 0 spiro atoms. The van der Waals surface area contributed by atoms with Gasteiger partial charge >= 0.3 is 35.5 Å². The second-order valence-electron chi connectivity index (χ2n) is 19.8. The van der Waals surface area contributed by atoms with Crippen molar-refractivity contribution in [1.29, 1.82) is 0 Å². The molecular formula is C49H42N28O18S21. The maximum absolute atomic E-state index is 11.2. The van der Waals surface area contributed by atoms with Gasteiger partial charge in [-0.2, -0.15) is 0 Å². The molecule has 14 aromatic heterocycles. The Labute approximate surface area is 725 Å². The SMILES string of the molecule is CS(=O)c1cnc(Cc2ncc([N+](=O)[O-])s2)s1.CS(=O)c1cnc(Cc2nnc([N+](=O)[O-])s2)s1.CS(=O)c1nnc(Cc2ncc([N+](=O)[O-])s2)s1.CS(=O)c1nnc(Cc2nnc([N+](=O)[O-])s2)s1.CSc1cnc(Cc2ncc([N+](=O)[O-])s2)s1.CSc1cnc(Cc2nnc([N+](=O)[O-])s2)s1.CSc1nnc(Cc2nnc([N+](=O)[O-])s2)s1. The Kier molecular flexibility index (Phi) is 37.2. The number of rotatable bonds is 28. The average molecular weight is 1980 g/mol. The Morgan fingerprint density at radius 1 is 0.267 bits per heavy atom. The van der Waals surface area contributed by atoms with Crippen LogP contribution in [-0.4, -0.2) is 201 Å². The van der Waals surface area contributed by atoms with Gasteiger partial charge in [-0.25, -0.2) is 34.9 Å². The number of hydrogen-bond donors (Lipinski definition) is 0. The van der Waals surface area contributed by atoms with Gasteiger partial charge in [0.1, 0.15) is 77.1 Å². The molecule has 14 heterocycles. The Bertz CT molecular complexity index is 4940. The van der Waals surface area contributed by atoms with Crippen molar-refractivity contribution in [2.45, 2.75) is 74.8 Å². The van der Waals surface area contributed by atoms with E-state index in [9.17, 15) is 87.6 Å². The van der Waals surface area contributed by atoms with Gasteiger partial charge in [0.05, 0.1) is 157 Å². The lowest BCUT2D eigenvalue weighted by Gasteiger charge is -1.88. The summed E-state index contributed by atoms with van der Waals surface area (Å²) in [6.07, 6.45) is 25.6. The zero-order chi connectivity index (χ0) is 84.3. The molecule has 0 fully saturated rings. The molecule has 0 bridgehead atoms. The summed E-state index contributed by atoms with van der Waals surface area (Å²) < 4.78 is 50.0. The van der Waals surface area contributed by atoms with Crippen LogP contribution in [0.25, 0.3) is 0 Å². The summed E-state index contributed by atoms with van der Waals surface area (Å²) in [6, 6.07) is 0. The molecule has 67 heteroatoms. The van der Waals surface area contributed by atoms with Crippen LogP contribution in [0.2, 0.25) is 0 Å². The molecule has 14 rings (SSSR count). The van der Waals surface area contributed by atoms with Gasteiger partial charge in [-0.1, -0.05) is 45.8 Å². The molecule has 0 saturated carbocycles. The zero-order valence-electron chi connectivity index (χ0n) is 58.4. The quantitative estimate of drug-likeness (QED) is 0.0250.